The summed E-state index contributed by atoms with van der Waals surface area (Å²) >= 11 is 0. The van der Waals surface area contributed by atoms with Crippen LogP contribution in [0.1, 0.15) is 30.9 Å². The molecule has 0 aromatic heterocycles. The van der Waals surface area contributed by atoms with Gasteiger partial charge in [0.15, 0.2) is 5.84 Å². The zero-order valence-corrected chi connectivity index (χ0v) is 12.2. The van der Waals surface area contributed by atoms with Gasteiger partial charge in [-0.05, 0) is 37.9 Å². The number of nitrogens with zero attached hydrogens (tertiary/aromatic N) is 2. The molecule has 1 aromatic rings. The van der Waals surface area contributed by atoms with Crippen LogP contribution in [-0.2, 0) is 11.3 Å². The van der Waals surface area contributed by atoms with Gasteiger partial charge in [0, 0.05) is 25.8 Å². The SMILES string of the molecule is COC1(C)CCCN(Cc2cccc(/C(N)=N/O)c2)C1. The summed E-state index contributed by atoms with van der Waals surface area (Å²) in [5.41, 5.74) is 7.48. The van der Waals surface area contributed by atoms with Crippen LogP contribution in [0, 0.1) is 0 Å². The summed E-state index contributed by atoms with van der Waals surface area (Å²) < 4.78 is 5.61. The van der Waals surface area contributed by atoms with Gasteiger partial charge in [-0.3, -0.25) is 4.90 Å². The maximum absolute atomic E-state index is 8.74. The Bertz CT molecular complexity index is 490. The maximum atomic E-state index is 8.74. The Morgan fingerprint density at radius 1 is 1.55 bits per heavy atom. The van der Waals surface area contributed by atoms with Crippen molar-refractivity contribution in [3.8, 4) is 0 Å². The molecule has 0 saturated carbocycles. The highest BCUT2D eigenvalue weighted by Crippen LogP contribution is 2.25. The van der Waals surface area contributed by atoms with Crippen LogP contribution in [-0.4, -0.2) is 41.7 Å². The van der Waals surface area contributed by atoms with Crippen molar-refractivity contribution < 1.29 is 9.94 Å². The van der Waals surface area contributed by atoms with Gasteiger partial charge in [0.05, 0.1) is 5.60 Å². The summed E-state index contributed by atoms with van der Waals surface area (Å²) in [6.45, 7) is 5.02. The number of amidine groups is 1. The third kappa shape index (κ3) is 3.49. The number of rotatable bonds is 4. The van der Waals surface area contributed by atoms with Crippen molar-refractivity contribution in [2.45, 2.75) is 31.9 Å². The zero-order chi connectivity index (χ0) is 14.6. The summed E-state index contributed by atoms with van der Waals surface area (Å²) in [5.74, 6) is 0.146. The van der Waals surface area contributed by atoms with Crippen molar-refractivity contribution in [2.75, 3.05) is 20.2 Å². The van der Waals surface area contributed by atoms with Gasteiger partial charge in [0.2, 0.25) is 0 Å². The van der Waals surface area contributed by atoms with E-state index < -0.39 is 0 Å². The predicted molar refractivity (Wildman–Crippen MR) is 78.9 cm³/mol. The van der Waals surface area contributed by atoms with Gasteiger partial charge < -0.3 is 15.7 Å². The molecule has 0 radical (unpaired) electrons. The fourth-order valence-corrected chi connectivity index (χ4v) is 2.75. The third-order valence-corrected chi connectivity index (χ3v) is 3.97. The Balaban J connectivity index is 2.06. The van der Waals surface area contributed by atoms with E-state index in [1.165, 1.54) is 0 Å². The lowest BCUT2D eigenvalue weighted by molar-refractivity contribution is -0.0527. The lowest BCUT2D eigenvalue weighted by atomic mass is 9.94. The monoisotopic (exact) mass is 277 g/mol. The second-order valence-corrected chi connectivity index (χ2v) is 5.65. The Morgan fingerprint density at radius 2 is 2.35 bits per heavy atom. The molecule has 1 aliphatic heterocycles. The number of nitrogens with two attached hydrogens (primary N) is 1. The number of oxime groups is 1. The molecule has 1 atom stereocenters. The molecule has 1 aromatic carbocycles. The van der Waals surface area contributed by atoms with Crippen LogP contribution < -0.4 is 5.73 Å². The minimum absolute atomic E-state index is 0.0541. The molecule has 2 rings (SSSR count). The van der Waals surface area contributed by atoms with Gasteiger partial charge in [0.1, 0.15) is 0 Å². The van der Waals surface area contributed by atoms with E-state index in [0.717, 1.165) is 43.6 Å². The summed E-state index contributed by atoms with van der Waals surface area (Å²) in [7, 11) is 1.78. The van der Waals surface area contributed by atoms with E-state index in [1.807, 2.05) is 18.2 Å². The van der Waals surface area contributed by atoms with Gasteiger partial charge in [0.25, 0.3) is 0 Å². The highest BCUT2D eigenvalue weighted by Gasteiger charge is 2.30. The van der Waals surface area contributed by atoms with Crippen molar-refractivity contribution in [1.82, 2.24) is 4.90 Å². The van der Waals surface area contributed by atoms with E-state index in [9.17, 15) is 0 Å². The Hall–Kier alpha value is -1.59. The first-order chi connectivity index (χ1) is 9.56. The van der Waals surface area contributed by atoms with E-state index in [-0.39, 0.29) is 11.4 Å². The fraction of sp³-hybridized carbons (Fsp3) is 0.533. The molecule has 0 spiro atoms. The van der Waals surface area contributed by atoms with Crippen LogP contribution >= 0.6 is 0 Å². The fourth-order valence-electron chi connectivity index (χ4n) is 2.75. The lowest BCUT2D eigenvalue weighted by Crippen LogP contribution is -2.46. The van der Waals surface area contributed by atoms with Gasteiger partial charge >= 0.3 is 0 Å². The van der Waals surface area contributed by atoms with Crippen LogP contribution in [0.4, 0.5) is 0 Å². The number of likely N-dealkylation sites (tertiary alicyclic amines) is 1. The number of hydrogen-bond acceptors (Lipinski definition) is 4. The van der Waals surface area contributed by atoms with E-state index in [2.05, 4.69) is 23.0 Å². The number of methoxy groups -OCH3 is 1. The molecule has 0 aliphatic carbocycles. The Morgan fingerprint density at radius 3 is 3.05 bits per heavy atom. The number of benzene rings is 1. The zero-order valence-electron chi connectivity index (χ0n) is 12.2. The molecule has 110 valence electrons. The topological polar surface area (TPSA) is 71.1 Å². The third-order valence-electron chi connectivity index (χ3n) is 3.97. The minimum Gasteiger partial charge on any atom is -0.409 e. The molecule has 1 heterocycles. The van der Waals surface area contributed by atoms with Crippen LogP contribution in [0.2, 0.25) is 0 Å². The molecule has 5 nitrogen and oxygen atoms in total. The average molecular weight is 277 g/mol. The highest BCUT2D eigenvalue weighted by atomic mass is 16.5. The molecule has 0 amide bonds. The van der Waals surface area contributed by atoms with Crippen molar-refractivity contribution in [3.63, 3.8) is 0 Å². The molecule has 1 saturated heterocycles. The normalized spacial score (nSPS) is 24.8. The Labute approximate surface area is 120 Å². The average Bonchev–Trinajstić information content (AvgIpc) is 2.47. The molecule has 5 heteroatoms. The smallest absolute Gasteiger partial charge is 0.170 e. The summed E-state index contributed by atoms with van der Waals surface area (Å²) in [4.78, 5) is 2.39. The molecule has 20 heavy (non-hydrogen) atoms. The largest absolute Gasteiger partial charge is 0.409 e. The maximum Gasteiger partial charge on any atom is 0.170 e. The van der Waals surface area contributed by atoms with E-state index >= 15 is 0 Å². The molecular weight excluding hydrogens is 254 g/mol. The van der Waals surface area contributed by atoms with Crippen LogP contribution in [0.3, 0.4) is 0 Å². The van der Waals surface area contributed by atoms with E-state index in [0.29, 0.717) is 0 Å². The molecule has 3 N–H and O–H groups in total. The number of piperidine rings is 1. The molecule has 0 bridgehead atoms. The first kappa shape index (κ1) is 14.8. The standard InChI is InChI=1S/C15H23N3O2/c1-15(20-2)7-4-8-18(11-15)10-12-5-3-6-13(9-12)14(16)17-19/h3,5-6,9,19H,4,7-8,10-11H2,1-2H3,(H2,16,17). The van der Waals surface area contributed by atoms with Crippen molar-refractivity contribution in [2.24, 2.45) is 10.9 Å². The molecule has 1 fully saturated rings. The Kier molecular flexibility index (Phi) is 4.62. The summed E-state index contributed by atoms with van der Waals surface area (Å²) in [5, 5.41) is 11.8. The van der Waals surface area contributed by atoms with Gasteiger partial charge in [-0.2, -0.15) is 0 Å². The molecular formula is C15H23N3O2. The molecule has 1 aliphatic rings. The highest BCUT2D eigenvalue weighted by molar-refractivity contribution is 5.97. The van der Waals surface area contributed by atoms with Crippen molar-refractivity contribution >= 4 is 5.84 Å². The van der Waals surface area contributed by atoms with Crippen LogP contribution in [0.25, 0.3) is 0 Å². The minimum atomic E-state index is -0.0541. The molecule has 1 unspecified atom stereocenters. The second kappa shape index (κ2) is 6.24. The quantitative estimate of drug-likeness (QED) is 0.381. The summed E-state index contributed by atoms with van der Waals surface area (Å²) in [6, 6.07) is 7.80. The summed E-state index contributed by atoms with van der Waals surface area (Å²) in [6.07, 6.45) is 2.24. The second-order valence-electron chi connectivity index (χ2n) is 5.65. The lowest BCUT2D eigenvalue weighted by Gasteiger charge is -2.39. The van der Waals surface area contributed by atoms with Crippen LogP contribution in [0.15, 0.2) is 29.4 Å². The van der Waals surface area contributed by atoms with Gasteiger partial charge in [-0.15, -0.1) is 0 Å². The van der Waals surface area contributed by atoms with Crippen molar-refractivity contribution in [1.29, 1.82) is 0 Å². The first-order valence-electron chi connectivity index (χ1n) is 6.91. The first-order valence-corrected chi connectivity index (χ1v) is 6.91. The van der Waals surface area contributed by atoms with Gasteiger partial charge in [-0.1, -0.05) is 23.4 Å². The van der Waals surface area contributed by atoms with Gasteiger partial charge in [-0.25, -0.2) is 0 Å². The number of hydrogen-bond donors (Lipinski definition) is 2. The predicted octanol–water partition coefficient (Wildman–Crippen LogP) is 1.78. The van der Waals surface area contributed by atoms with E-state index in [4.69, 9.17) is 15.7 Å². The van der Waals surface area contributed by atoms with Crippen molar-refractivity contribution in [3.05, 3.63) is 35.4 Å². The van der Waals surface area contributed by atoms with Crippen LogP contribution in [0.5, 0.6) is 0 Å². The van der Waals surface area contributed by atoms with E-state index in [1.54, 1.807) is 7.11 Å². The number of ether oxygens (including phenoxy) is 1.